The number of rotatable bonds is 3. The molecule has 122 valence electrons. The number of nitrogens with zero attached hydrogens (tertiary/aromatic N) is 2. The minimum absolute atomic E-state index is 0.340. The van der Waals surface area contributed by atoms with Crippen molar-refractivity contribution in [2.75, 3.05) is 5.32 Å². The first-order chi connectivity index (χ1) is 11.4. The van der Waals surface area contributed by atoms with E-state index in [1.165, 1.54) is 29.0 Å². The number of nitrogens with one attached hydrogen (secondary N) is 1. The zero-order valence-corrected chi connectivity index (χ0v) is 12.9. The van der Waals surface area contributed by atoms with E-state index < -0.39 is 17.6 Å². The third-order valence-corrected chi connectivity index (χ3v) is 3.88. The van der Waals surface area contributed by atoms with Gasteiger partial charge in [-0.2, -0.15) is 13.2 Å². The van der Waals surface area contributed by atoms with Crippen molar-refractivity contribution in [3.05, 3.63) is 65.2 Å². The smallest absolute Gasteiger partial charge is 0.296 e. The van der Waals surface area contributed by atoms with Crippen LogP contribution in [0.2, 0.25) is 0 Å². The molecule has 2 aromatic carbocycles. The fraction of sp³-hybridized carbons (Fsp3) is 0.0625. The van der Waals surface area contributed by atoms with E-state index in [1.807, 2.05) is 0 Å². The molecule has 1 amide bonds. The molecule has 1 heterocycles. The molecule has 8 heteroatoms. The van der Waals surface area contributed by atoms with Crippen molar-refractivity contribution in [3.63, 3.8) is 0 Å². The molecule has 0 aliphatic rings. The van der Waals surface area contributed by atoms with E-state index in [4.69, 9.17) is 0 Å². The molecule has 0 spiro atoms. The molecule has 0 radical (unpaired) electrons. The number of aromatic nitrogens is 2. The number of halogens is 3. The number of hydrogen-bond donors (Lipinski definition) is 1. The van der Waals surface area contributed by atoms with Gasteiger partial charge >= 0.3 is 6.18 Å². The molecule has 1 aromatic heterocycles. The maximum absolute atomic E-state index is 12.7. The highest BCUT2D eigenvalue weighted by molar-refractivity contribution is 7.13. The number of hydrogen-bond acceptors (Lipinski definition) is 4. The summed E-state index contributed by atoms with van der Waals surface area (Å²) in [6, 6.07) is 11.4. The van der Waals surface area contributed by atoms with E-state index in [2.05, 4.69) is 15.5 Å². The van der Waals surface area contributed by atoms with Crippen LogP contribution < -0.4 is 5.32 Å². The minimum atomic E-state index is -4.40. The molecule has 4 nitrogen and oxygen atoms in total. The molecule has 24 heavy (non-hydrogen) atoms. The molecular formula is C16H10F3N3OS. The molecule has 0 aliphatic carbocycles. The van der Waals surface area contributed by atoms with Crippen molar-refractivity contribution < 1.29 is 18.0 Å². The quantitative estimate of drug-likeness (QED) is 0.759. The molecule has 0 aliphatic heterocycles. The second kappa shape index (κ2) is 6.40. The van der Waals surface area contributed by atoms with Gasteiger partial charge in [-0.1, -0.05) is 41.7 Å². The molecule has 3 rings (SSSR count). The molecule has 0 fully saturated rings. The lowest BCUT2D eigenvalue weighted by Crippen LogP contribution is -2.13. The van der Waals surface area contributed by atoms with Crippen molar-refractivity contribution in [3.8, 4) is 11.1 Å². The zero-order valence-electron chi connectivity index (χ0n) is 12.0. The highest BCUT2D eigenvalue weighted by atomic mass is 32.1. The summed E-state index contributed by atoms with van der Waals surface area (Å²) in [5.41, 5.74) is 2.14. The summed E-state index contributed by atoms with van der Waals surface area (Å²) in [7, 11) is 0. The highest BCUT2D eigenvalue weighted by Gasteiger charge is 2.30. The van der Waals surface area contributed by atoms with Gasteiger partial charge in [-0.15, -0.1) is 10.2 Å². The topological polar surface area (TPSA) is 54.9 Å². The van der Waals surface area contributed by atoms with Gasteiger partial charge in [0.1, 0.15) is 5.51 Å². The summed E-state index contributed by atoms with van der Waals surface area (Å²) in [6.45, 7) is 0. The number of anilines is 1. The van der Waals surface area contributed by atoms with Crippen LogP contribution in [0.25, 0.3) is 11.1 Å². The van der Waals surface area contributed by atoms with Crippen LogP contribution in [0.1, 0.15) is 15.9 Å². The molecule has 1 N–H and O–H groups in total. The number of amides is 1. The van der Waals surface area contributed by atoms with Gasteiger partial charge < -0.3 is 0 Å². The van der Waals surface area contributed by atoms with Gasteiger partial charge in [0.25, 0.3) is 5.91 Å². The van der Waals surface area contributed by atoms with Gasteiger partial charge in [-0.3, -0.25) is 10.1 Å². The van der Waals surface area contributed by atoms with Crippen molar-refractivity contribution in [1.29, 1.82) is 0 Å². The van der Waals surface area contributed by atoms with E-state index in [-0.39, 0.29) is 0 Å². The Bertz CT molecular complexity index is 846. The van der Waals surface area contributed by atoms with Crippen LogP contribution in [0, 0.1) is 0 Å². The minimum Gasteiger partial charge on any atom is -0.296 e. The normalized spacial score (nSPS) is 11.3. The summed E-state index contributed by atoms with van der Waals surface area (Å²) >= 11 is 1.17. The SMILES string of the molecule is O=C(Nc1nncs1)c1ccccc1-c1ccc(C(F)(F)F)cc1. The van der Waals surface area contributed by atoms with E-state index in [0.717, 1.165) is 12.1 Å². The van der Waals surface area contributed by atoms with Crippen LogP contribution >= 0.6 is 11.3 Å². The van der Waals surface area contributed by atoms with Crippen LogP contribution in [-0.2, 0) is 6.18 Å². The molecular weight excluding hydrogens is 339 g/mol. The van der Waals surface area contributed by atoms with Gasteiger partial charge in [0, 0.05) is 5.56 Å². The summed E-state index contributed by atoms with van der Waals surface area (Å²) in [5.74, 6) is -0.401. The molecule has 0 unspecified atom stereocenters. The Hall–Kier alpha value is -2.74. The maximum Gasteiger partial charge on any atom is 0.416 e. The predicted molar refractivity (Wildman–Crippen MR) is 84.7 cm³/mol. The van der Waals surface area contributed by atoms with Crippen LogP contribution in [0.3, 0.4) is 0 Å². The van der Waals surface area contributed by atoms with Gasteiger partial charge in [0.05, 0.1) is 5.56 Å². The second-order valence-corrected chi connectivity index (χ2v) is 5.65. The van der Waals surface area contributed by atoms with Gasteiger partial charge in [-0.25, -0.2) is 0 Å². The van der Waals surface area contributed by atoms with E-state index in [9.17, 15) is 18.0 Å². The first kappa shape index (κ1) is 16.1. The van der Waals surface area contributed by atoms with Crippen molar-refractivity contribution >= 4 is 22.4 Å². The lowest BCUT2D eigenvalue weighted by atomic mass is 9.98. The molecule has 0 saturated heterocycles. The lowest BCUT2D eigenvalue weighted by molar-refractivity contribution is -0.137. The third-order valence-electron chi connectivity index (χ3n) is 3.28. The Morgan fingerprint density at radius 2 is 1.75 bits per heavy atom. The number of carbonyl (C=O) groups excluding carboxylic acids is 1. The Kier molecular flexibility index (Phi) is 4.30. The van der Waals surface area contributed by atoms with Crippen molar-refractivity contribution in [2.24, 2.45) is 0 Å². The van der Waals surface area contributed by atoms with Crippen molar-refractivity contribution in [2.45, 2.75) is 6.18 Å². The Labute approximate surface area is 139 Å². The number of benzene rings is 2. The fourth-order valence-corrected chi connectivity index (χ4v) is 2.60. The summed E-state index contributed by atoms with van der Waals surface area (Å²) in [6.07, 6.45) is -4.40. The average molecular weight is 349 g/mol. The maximum atomic E-state index is 12.7. The van der Waals surface area contributed by atoms with Crippen LogP contribution in [0.4, 0.5) is 18.3 Å². The van der Waals surface area contributed by atoms with E-state index >= 15 is 0 Å². The summed E-state index contributed by atoms with van der Waals surface area (Å²) < 4.78 is 38.0. The summed E-state index contributed by atoms with van der Waals surface area (Å²) in [4.78, 5) is 12.4. The van der Waals surface area contributed by atoms with Crippen LogP contribution in [0.5, 0.6) is 0 Å². The monoisotopic (exact) mass is 349 g/mol. The molecule has 0 bridgehead atoms. The lowest BCUT2D eigenvalue weighted by Gasteiger charge is -2.11. The standard InChI is InChI=1S/C16H10F3N3OS/c17-16(18,19)11-7-5-10(6-8-11)12-3-1-2-4-13(12)14(23)21-15-22-20-9-24-15/h1-9H,(H,21,22,23). The van der Waals surface area contributed by atoms with Gasteiger partial charge in [-0.05, 0) is 29.3 Å². The van der Waals surface area contributed by atoms with Gasteiger partial charge in [0.2, 0.25) is 5.13 Å². The predicted octanol–water partition coefficient (Wildman–Crippen LogP) is 4.48. The van der Waals surface area contributed by atoms with Gasteiger partial charge in [0.15, 0.2) is 0 Å². The van der Waals surface area contributed by atoms with E-state index in [0.29, 0.717) is 21.8 Å². The average Bonchev–Trinajstić information content (AvgIpc) is 3.07. The number of alkyl halides is 3. The second-order valence-electron chi connectivity index (χ2n) is 4.82. The Balaban J connectivity index is 1.93. The van der Waals surface area contributed by atoms with Crippen LogP contribution in [0.15, 0.2) is 54.0 Å². The molecule has 0 atom stereocenters. The van der Waals surface area contributed by atoms with Crippen molar-refractivity contribution in [1.82, 2.24) is 10.2 Å². The highest BCUT2D eigenvalue weighted by Crippen LogP contribution is 2.32. The zero-order chi connectivity index (χ0) is 17.2. The van der Waals surface area contributed by atoms with Crippen LogP contribution in [-0.4, -0.2) is 16.1 Å². The Morgan fingerprint density at radius 3 is 2.38 bits per heavy atom. The Morgan fingerprint density at radius 1 is 1.04 bits per heavy atom. The first-order valence-electron chi connectivity index (χ1n) is 6.79. The third kappa shape index (κ3) is 3.43. The summed E-state index contributed by atoms with van der Waals surface area (Å²) in [5, 5.41) is 10.3. The molecule has 0 saturated carbocycles. The largest absolute Gasteiger partial charge is 0.416 e. The molecule has 3 aromatic rings. The fourth-order valence-electron chi connectivity index (χ4n) is 2.16. The first-order valence-corrected chi connectivity index (χ1v) is 7.67. The number of carbonyl (C=O) groups is 1. The van der Waals surface area contributed by atoms with E-state index in [1.54, 1.807) is 24.3 Å².